The molecular weight excluding hydrogens is 262 g/mol. The van der Waals surface area contributed by atoms with Gasteiger partial charge in [-0.2, -0.15) is 0 Å². The molecule has 0 N–H and O–H groups in total. The minimum absolute atomic E-state index is 0.785. The van der Waals surface area contributed by atoms with Crippen molar-refractivity contribution in [1.82, 2.24) is 4.98 Å². The third-order valence-electron chi connectivity index (χ3n) is 3.21. The Hall–Kier alpha value is -1.64. The number of hydrogen-bond donors (Lipinski definition) is 0. The van der Waals surface area contributed by atoms with E-state index in [0.29, 0.717) is 0 Å². The first-order chi connectivity index (χ1) is 8.83. The van der Waals surface area contributed by atoms with Crippen LogP contribution in [0.5, 0.6) is 0 Å². The summed E-state index contributed by atoms with van der Waals surface area (Å²) in [6, 6.07) is 12.5. The SMILES string of the molecule is Clc1ccc2sc3ccc4cnccc4c3c2c1. The minimum Gasteiger partial charge on any atom is -0.264 e. The van der Waals surface area contributed by atoms with Gasteiger partial charge in [0.25, 0.3) is 0 Å². The summed E-state index contributed by atoms with van der Waals surface area (Å²) in [4.78, 5) is 4.18. The van der Waals surface area contributed by atoms with Crippen LogP contribution in [-0.4, -0.2) is 4.98 Å². The molecule has 2 aromatic carbocycles. The van der Waals surface area contributed by atoms with E-state index in [-0.39, 0.29) is 0 Å². The number of aromatic nitrogens is 1. The van der Waals surface area contributed by atoms with Gasteiger partial charge in [0.15, 0.2) is 0 Å². The molecule has 0 saturated heterocycles. The van der Waals surface area contributed by atoms with Gasteiger partial charge in [-0.3, -0.25) is 4.98 Å². The van der Waals surface area contributed by atoms with Crippen LogP contribution in [0.25, 0.3) is 30.9 Å². The molecule has 4 rings (SSSR count). The van der Waals surface area contributed by atoms with Crippen LogP contribution in [0.3, 0.4) is 0 Å². The summed E-state index contributed by atoms with van der Waals surface area (Å²) < 4.78 is 2.57. The van der Waals surface area contributed by atoms with Crippen molar-refractivity contribution in [3.05, 3.63) is 53.8 Å². The largest absolute Gasteiger partial charge is 0.264 e. The zero-order valence-corrected chi connectivity index (χ0v) is 10.9. The van der Waals surface area contributed by atoms with Gasteiger partial charge in [0.2, 0.25) is 0 Å². The number of fused-ring (bicyclic) bond motifs is 5. The van der Waals surface area contributed by atoms with E-state index >= 15 is 0 Å². The normalized spacial score (nSPS) is 11.6. The van der Waals surface area contributed by atoms with Crippen molar-refractivity contribution in [2.45, 2.75) is 0 Å². The van der Waals surface area contributed by atoms with Crippen LogP contribution < -0.4 is 0 Å². The maximum atomic E-state index is 6.12. The molecule has 86 valence electrons. The second-order valence-electron chi connectivity index (χ2n) is 4.28. The maximum Gasteiger partial charge on any atom is 0.0413 e. The van der Waals surface area contributed by atoms with Gasteiger partial charge in [0, 0.05) is 43.0 Å². The molecule has 0 amide bonds. The molecule has 3 heteroatoms. The minimum atomic E-state index is 0.785. The van der Waals surface area contributed by atoms with Gasteiger partial charge in [-0.15, -0.1) is 11.3 Å². The zero-order chi connectivity index (χ0) is 12.1. The van der Waals surface area contributed by atoms with Crippen LogP contribution in [0.15, 0.2) is 48.8 Å². The van der Waals surface area contributed by atoms with Crippen LogP contribution in [-0.2, 0) is 0 Å². The van der Waals surface area contributed by atoms with Crippen LogP contribution >= 0.6 is 22.9 Å². The first-order valence-corrected chi connectivity index (χ1v) is 6.87. The van der Waals surface area contributed by atoms with Gasteiger partial charge in [-0.1, -0.05) is 17.7 Å². The lowest BCUT2D eigenvalue weighted by Crippen LogP contribution is -1.76. The molecule has 2 heterocycles. The molecule has 1 nitrogen and oxygen atoms in total. The molecular formula is C15H8ClNS. The van der Waals surface area contributed by atoms with Crippen molar-refractivity contribution in [2.75, 3.05) is 0 Å². The Morgan fingerprint density at radius 3 is 2.78 bits per heavy atom. The molecule has 0 aliphatic heterocycles. The maximum absolute atomic E-state index is 6.12. The fraction of sp³-hybridized carbons (Fsp3) is 0. The van der Waals surface area contributed by atoms with E-state index in [1.54, 1.807) is 11.3 Å². The van der Waals surface area contributed by atoms with E-state index < -0.39 is 0 Å². The number of pyridine rings is 1. The summed E-state index contributed by atoms with van der Waals surface area (Å²) in [5.74, 6) is 0. The Balaban J connectivity index is 2.35. The first kappa shape index (κ1) is 10.3. The summed E-state index contributed by atoms with van der Waals surface area (Å²) in [6.07, 6.45) is 3.75. The van der Waals surface area contributed by atoms with E-state index in [1.165, 1.54) is 30.9 Å². The van der Waals surface area contributed by atoms with E-state index in [0.717, 1.165) is 5.02 Å². The highest BCUT2D eigenvalue weighted by Crippen LogP contribution is 2.39. The molecule has 0 aliphatic rings. The standard InChI is InChI=1S/C15H8ClNS/c16-10-2-4-13-12(7-10)15-11-5-6-17-8-9(11)1-3-14(15)18-13/h1-8H. The second-order valence-corrected chi connectivity index (χ2v) is 5.80. The van der Waals surface area contributed by atoms with Crippen molar-refractivity contribution in [3.8, 4) is 0 Å². The van der Waals surface area contributed by atoms with Crippen molar-refractivity contribution >= 4 is 53.9 Å². The smallest absolute Gasteiger partial charge is 0.0413 e. The quantitative estimate of drug-likeness (QED) is 0.424. The highest BCUT2D eigenvalue weighted by molar-refractivity contribution is 7.26. The highest BCUT2D eigenvalue weighted by Gasteiger charge is 2.08. The summed E-state index contributed by atoms with van der Waals surface area (Å²) in [6.45, 7) is 0. The van der Waals surface area contributed by atoms with Gasteiger partial charge >= 0.3 is 0 Å². The third kappa shape index (κ3) is 1.36. The predicted molar refractivity (Wildman–Crippen MR) is 79.6 cm³/mol. The molecule has 0 atom stereocenters. The Morgan fingerprint density at radius 1 is 0.944 bits per heavy atom. The Morgan fingerprint density at radius 2 is 1.83 bits per heavy atom. The number of rotatable bonds is 0. The van der Waals surface area contributed by atoms with E-state index in [2.05, 4.69) is 35.3 Å². The predicted octanol–water partition coefficient (Wildman–Crippen LogP) is 5.26. The third-order valence-corrected chi connectivity index (χ3v) is 4.58. The van der Waals surface area contributed by atoms with Crippen molar-refractivity contribution in [3.63, 3.8) is 0 Å². The topological polar surface area (TPSA) is 12.9 Å². The molecule has 2 aromatic heterocycles. The van der Waals surface area contributed by atoms with E-state index in [4.69, 9.17) is 11.6 Å². The van der Waals surface area contributed by atoms with Crippen molar-refractivity contribution < 1.29 is 0 Å². The van der Waals surface area contributed by atoms with Gasteiger partial charge < -0.3 is 0 Å². The Kier molecular flexibility index (Phi) is 2.10. The lowest BCUT2D eigenvalue weighted by atomic mass is 10.1. The molecule has 18 heavy (non-hydrogen) atoms. The molecule has 0 bridgehead atoms. The summed E-state index contributed by atoms with van der Waals surface area (Å²) in [7, 11) is 0. The zero-order valence-electron chi connectivity index (χ0n) is 9.35. The Labute approximate surface area is 113 Å². The van der Waals surface area contributed by atoms with E-state index in [9.17, 15) is 0 Å². The number of nitrogens with zero attached hydrogens (tertiary/aromatic N) is 1. The van der Waals surface area contributed by atoms with Gasteiger partial charge in [0.05, 0.1) is 0 Å². The van der Waals surface area contributed by atoms with Gasteiger partial charge in [-0.05, 0) is 35.7 Å². The molecule has 0 radical (unpaired) electrons. The molecule has 0 saturated carbocycles. The van der Waals surface area contributed by atoms with Gasteiger partial charge in [-0.25, -0.2) is 0 Å². The second kappa shape index (κ2) is 3.67. The summed E-state index contributed by atoms with van der Waals surface area (Å²) in [5, 5.41) is 5.73. The number of halogens is 1. The molecule has 0 unspecified atom stereocenters. The lowest BCUT2D eigenvalue weighted by Gasteiger charge is -1.99. The number of hydrogen-bond acceptors (Lipinski definition) is 2. The molecule has 0 aliphatic carbocycles. The molecule has 0 spiro atoms. The number of thiophene rings is 1. The van der Waals surface area contributed by atoms with Gasteiger partial charge in [0.1, 0.15) is 0 Å². The average Bonchev–Trinajstić information content (AvgIpc) is 2.77. The number of benzene rings is 2. The summed E-state index contributed by atoms with van der Waals surface area (Å²) >= 11 is 7.93. The fourth-order valence-corrected chi connectivity index (χ4v) is 3.69. The van der Waals surface area contributed by atoms with Crippen LogP contribution in [0.1, 0.15) is 0 Å². The Bertz CT molecular complexity index is 895. The monoisotopic (exact) mass is 269 g/mol. The molecule has 0 fully saturated rings. The highest BCUT2D eigenvalue weighted by atomic mass is 35.5. The van der Waals surface area contributed by atoms with E-state index in [1.807, 2.05) is 18.5 Å². The van der Waals surface area contributed by atoms with Crippen LogP contribution in [0, 0.1) is 0 Å². The van der Waals surface area contributed by atoms with Crippen LogP contribution in [0.2, 0.25) is 5.02 Å². The molecule has 4 aromatic rings. The van der Waals surface area contributed by atoms with Crippen molar-refractivity contribution in [2.24, 2.45) is 0 Å². The lowest BCUT2D eigenvalue weighted by molar-refractivity contribution is 1.37. The van der Waals surface area contributed by atoms with Crippen LogP contribution in [0.4, 0.5) is 0 Å². The fourth-order valence-electron chi connectivity index (χ4n) is 2.42. The first-order valence-electron chi connectivity index (χ1n) is 5.67. The average molecular weight is 270 g/mol. The summed E-state index contributed by atoms with van der Waals surface area (Å²) in [5.41, 5.74) is 0. The van der Waals surface area contributed by atoms with Crippen molar-refractivity contribution in [1.29, 1.82) is 0 Å².